The lowest BCUT2D eigenvalue weighted by atomic mass is 9.86. The number of nitrogens with one attached hydrogen (secondary N) is 2. The Bertz CT molecular complexity index is 564. The Labute approximate surface area is 152 Å². The van der Waals surface area contributed by atoms with Gasteiger partial charge in [0.25, 0.3) is 5.91 Å². The number of carbonyl (C=O) groups is 2. The number of hydrogen-bond acceptors (Lipinski definition) is 5. The molecule has 2 fully saturated rings. The average molecular weight is 365 g/mol. The topological polar surface area (TPSA) is 70.7 Å². The second-order valence-corrected chi connectivity index (χ2v) is 7.77. The largest absolute Gasteiger partial charge is 0.381 e. The molecule has 2 aliphatic heterocycles. The standard InChI is InChI=1S/C18H27N3O3S/c22-16(13-19-17(23)15-5-4-12-25-15)20-14-18(6-10-24-11-7-18)21-8-2-1-3-9-21/h4-5,12H,1-3,6-11,13-14H2,(H,19,23)(H,20,22). The van der Waals surface area contributed by atoms with Crippen LogP contribution in [0, 0.1) is 0 Å². The van der Waals surface area contributed by atoms with Gasteiger partial charge in [0.1, 0.15) is 0 Å². The third-order valence-corrected chi connectivity index (χ3v) is 6.09. The minimum atomic E-state index is -0.193. The molecule has 0 atom stereocenters. The van der Waals surface area contributed by atoms with Gasteiger partial charge >= 0.3 is 0 Å². The van der Waals surface area contributed by atoms with Crippen molar-refractivity contribution in [3.05, 3.63) is 22.4 Å². The Hall–Kier alpha value is -1.44. The molecule has 7 heteroatoms. The molecule has 1 aromatic heterocycles. The Balaban J connectivity index is 1.50. The lowest BCUT2D eigenvalue weighted by Gasteiger charge is -2.48. The highest BCUT2D eigenvalue weighted by Crippen LogP contribution is 2.30. The number of hydrogen-bond donors (Lipinski definition) is 2. The third kappa shape index (κ3) is 4.80. The van der Waals surface area contributed by atoms with Gasteiger partial charge in [0, 0.05) is 25.3 Å². The molecule has 2 saturated heterocycles. The van der Waals surface area contributed by atoms with E-state index in [2.05, 4.69) is 15.5 Å². The fraction of sp³-hybridized carbons (Fsp3) is 0.667. The number of ether oxygens (including phenoxy) is 1. The van der Waals surface area contributed by atoms with E-state index >= 15 is 0 Å². The molecule has 0 unspecified atom stereocenters. The van der Waals surface area contributed by atoms with Crippen LogP contribution in [-0.4, -0.2) is 61.6 Å². The van der Waals surface area contributed by atoms with Gasteiger partial charge in [-0.1, -0.05) is 12.5 Å². The molecule has 2 aliphatic rings. The van der Waals surface area contributed by atoms with Crippen molar-refractivity contribution in [1.82, 2.24) is 15.5 Å². The van der Waals surface area contributed by atoms with E-state index in [1.165, 1.54) is 30.6 Å². The SMILES string of the molecule is O=C(CNC(=O)c1cccs1)NCC1(N2CCCCC2)CCOCC1. The Morgan fingerprint density at radius 1 is 1.16 bits per heavy atom. The van der Waals surface area contributed by atoms with Crippen LogP contribution in [0.5, 0.6) is 0 Å². The van der Waals surface area contributed by atoms with Crippen molar-refractivity contribution in [1.29, 1.82) is 0 Å². The summed E-state index contributed by atoms with van der Waals surface area (Å²) in [6.07, 6.45) is 5.66. The zero-order chi connectivity index (χ0) is 17.5. The molecule has 25 heavy (non-hydrogen) atoms. The summed E-state index contributed by atoms with van der Waals surface area (Å²) in [5, 5.41) is 7.58. The van der Waals surface area contributed by atoms with Crippen LogP contribution < -0.4 is 10.6 Å². The van der Waals surface area contributed by atoms with Crippen LogP contribution in [0.1, 0.15) is 41.8 Å². The molecule has 138 valence electrons. The van der Waals surface area contributed by atoms with E-state index in [-0.39, 0.29) is 23.9 Å². The summed E-state index contributed by atoms with van der Waals surface area (Å²) in [5.41, 5.74) is 0.00604. The van der Waals surface area contributed by atoms with Crippen molar-refractivity contribution in [3.63, 3.8) is 0 Å². The van der Waals surface area contributed by atoms with Gasteiger partial charge in [0.05, 0.1) is 11.4 Å². The van der Waals surface area contributed by atoms with Gasteiger partial charge in [-0.2, -0.15) is 0 Å². The molecule has 0 aliphatic carbocycles. The number of rotatable bonds is 6. The van der Waals surface area contributed by atoms with Gasteiger partial charge in [-0.05, 0) is 50.2 Å². The van der Waals surface area contributed by atoms with E-state index < -0.39 is 0 Å². The summed E-state index contributed by atoms with van der Waals surface area (Å²) in [6.45, 7) is 4.35. The molecule has 3 heterocycles. The van der Waals surface area contributed by atoms with E-state index in [1.54, 1.807) is 6.07 Å². The lowest BCUT2D eigenvalue weighted by Crippen LogP contribution is -2.60. The molecule has 0 spiro atoms. The van der Waals surface area contributed by atoms with Crippen molar-refractivity contribution in [2.45, 2.75) is 37.6 Å². The van der Waals surface area contributed by atoms with Crippen molar-refractivity contribution >= 4 is 23.2 Å². The monoisotopic (exact) mass is 365 g/mol. The van der Waals surface area contributed by atoms with Crippen LogP contribution in [0.4, 0.5) is 0 Å². The number of amides is 2. The van der Waals surface area contributed by atoms with E-state index in [1.807, 2.05) is 11.4 Å². The van der Waals surface area contributed by atoms with Gasteiger partial charge in [-0.25, -0.2) is 0 Å². The zero-order valence-electron chi connectivity index (χ0n) is 14.6. The molecule has 0 aromatic carbocycles. The van der Waals surface area contributed by atoms with Gasteiger partial charge in [-0.15, -0.1) is 11.3 Å². The Morgan fingerprint density at radius 3 is 2.60 bits per heavy atom. The first-order valence-corrected chi connectivity index (χ1v) is 9.99. The van der Waals surface area contributed by atoms with E-state index in [4.69, 9.17) is 4.74 Å². The molecule has 0 saturated carbocycles. The van der Waals surface area contributed by atoms with Crippen LogP contribution in [0.15, 0.2) is 17.5 Å². The fourth-order valence-corrected chi connectivity index (χ4v) is 4.35. The van der Waals surface area contributed by atoms with Gasteiger partial charge in [0.2, 0.25) is 5.91 Å². The maximum absolute atomic E-state index is 12.2. The van der Waals surface area contributed by atoms with Gasteiger partial charge in [-0.3, -0.25) is 14.5 Å². The number of nitrogens with zero attached hydrogens (tertiary/aromatic N) is 1. The maximum Gasteiger partial charge on any atom is 0.261 e. The predicted octanol–water partition coefficient (Wildman–Crippen LogP) is 1.63. The van der Waals surface area contributed by atoms with Crippen molar-refractivity contribution in [2.75, 3.05) is 39.4 Å². The first-order chi connectivity index (χ1) is 12.2. The molecule has 1 aromatic rings. The second-order valence-electron chi connectivity index (χ2n) is 6.82. The van der Waals surface area contributed by atoms with Crippen LogP contribution in [0.2, 0.25) is 0 Å². The summed E-state index contributed by atoms with van der Waals surface area (Å²) in [6, 6.07) is 3.58. The summed E-state index contributed by atoms with van der Waals surface area (Å²) < 4.78 is 5.55. The first-order valence-electron chi connectivity index (χ1n) is 9.11. The molecule has 0 bridgehead atoms. The summed E-state index contributed by atoms with van der Waals surface area (Å²) in [7, 11) is 0. The average Bonchev–Trinajstić information content (AvgIpc) is 3.21. The third-order valence-electron chi connectivity index (χ3n) is 5.22. The molecule has 0 radical (unpaired) electrons. The van der Waals surface area contributed by atoms with Crippen LogP contribution in [0.3, 0.4) is 0 Å². The Kier molecular flexibility index (Phi) is 6.45. The fourth-order valence-electron chi connectivity index (χ4n) is 3.71. The summed E-state index contributed by atoms with van der Waals surface area (Å²) in [5.74, 6) is -0.324. The van der Waals surface area contributed by atoms with Crippen molar-refractivity contribution in [3.8, 4) is 0 Å². The van der Waals surface area contributed by atoms with Crippen molar-refractivity contribution < 1.29 is 14.3 Å². The highest BCUT2D eigenvalue weighted by Gasteiger charge is 2.39. The molecule has 3 rings (SSSR count). The minimum absolute atomic E-state index is 0.00604. The number of piperidine rings is 1. The molecule has 2 amide bonds. The van der Waals surface area contributed by atoms with E-state index in [0.717, 1.165) is 39.1 Å². The number of carbonyl (C=O) groups excluding carboxylic acids is 2. The number of thiophene rings is 1. The Morgan fingerprint density at radius 2 is 1.92 bits per heavy atom. The summed E-state index contributed by atoms with van der Waals surface area (Å²) >= 11 is 1.37. The van der Waals surface area contributed by atoms with Gasteiger partial charge < -0.3 is 15.4 Å². The smallest absolute Gasteiger partial charge is 0.261 e. The quantitative estimate of drug-likeness (QED) is 0.804. The normalized spacial score (nSPS) is 20.8. The minimum Gasteiger partial charge on any atom is -0.381 e. The van der Waals surface area contributed by atoms with Crippen molar-refractivity contribution in [2.24, 2.45) is 0 Å². The second kappa shape index (κ2) is 8.78. The highest BCUT2D eigenvalue weighted by molar-refractivity contribution is 7.12. The molecule has 6 nitrogen and oxygen atoms in total. The number of likely N-dealkylation sites (tertiary alicyclic amines) is 1. The van der Waals surface area contributed by atoms with Crippen LogP contribution in [-0.2, 0) is 9.53 Å². The van der Waals surface area contributed by atoms with Crippen LogP contribution >= 0.6 is 11.3 Å². The zero-order valence-corrected chi connectivity index (χ0v) is 15.4. The first kappa shape index (κ1) is 18.4. The molecular weight excluding hydrogens is 338 g/mol. The molecule has 2 N–H and O–H groups in total. The van der Waals surface area contributed by atoms with E-state index in [0.29, 0.717) is 11.4 Å². The summed E-state index contributed by atoms with van der Waals surface area (Å²) in [4.78, 5) is 27.3. The van der Waals surface area contributed by atoms with Crippen LogP contribution in [0.25, 0.3) is 0 Å². The predicted molar refractivity (Wildman–Crippen MR) is 97.9 cm³/mol. The van der Waals surface area contributed by atoms with Gasteiger partial charge in [0.15, 0.2) is 0 Å². The maximum atomic E-state index is 12.2. The highest BCUT2D eigenvalue weighted by atomic mass is 32.1. The lowest BCUT2D eigenvalue weighted by molar-refractivity contribution is -0.121. The molecular formula is C18H27N3O3S. The van der Waals surface area contributed by atoms with E-state index in [9.17, 15) is 9.59 Å².